The SMILES string of the molecule is CC(CCCC(C)(C)O[Si](C)(C)C(C)(C)C)CCO[Si](C)(C)C(C)(C)C. The van der Waals surface area contributed by atoms with E-state index in [-0.39, 0.29) is 10.6 Å². The van der Waals surface area contributed by atoms with Crippen LogP contribution < -0.4 is 0 Å². The molecule has 0 bridgehead atoms. The summed E-state index contributed by atoms with van der Waals surface area (Å²) in [5, 5.41) is 0.583. The molecule has 0 radical (unpaired) electrons. The summed E-state index contributed by atoms with van der Waals surface area (Å²) < 4.78 is 13.0. The molecule has 0 aliphatic rings. The highest BCUT2D eigenvalue weighted by molar-refractivity contribution is 6.74. The molecule has 0 aromatic heterocycles. The van der Waals surface area contributed by atoms with Crippen molar-refractivity contribution in [1.29, 1.82) is 0 Å². The summed E-state index contributed by atoms with van der Waals surface area (Å²) in [5.74, 6) is 0.725. The molecule has 2 nitrogen and oxygen atoms in total. The molecule has 0 saturated carbocycles. The lowest BCUT2D eigenvalue weighted by molar-refractivity contribution is 0.0779. The van der Waals surface area contributed by atoms with Gasteiger partial charge in [0, 0.05) is 6.61 Å². The van der Waals surface area contributed by atoms with Gasteiger partial charge in [0.1, 0.15) is 0 Å². The predicted molar refractivity (Wildman–Crippen MR) is 123 cm³/mol. The van der Waals surface area contributed by atoms with Crippen molar-refractivity contribution >= 4 is 16.6 Å². The molecular formula is C22H50O2Si2. The highest BCUT2D eigenvalue weighted by atomic mass is 28.4. The minimum atomic E-state index is -1.69. The van der Waals surface area contributed by atoms with Crippen molar-refractivity contribution in [3.8, 4) is 0 Å². The molecule has 0 fully saturated rings. The van der Waals surface area contributed by atoms with E-state index in [2.05, 4.69) is 88.5 Å². The van der Waals surface area contributed by atoms with Crippen LogP contribution in [0.4, 0.5) is 0 Å². The highest BCUT2D eigenvalue weighted by Gasteiger charge is 2.41. The van der Waals surface area contributed by atoms with E-state index in [9.17, 15) is 0 Å². The van der Waals surface area contributed by atoms with Crippen molar-refractivity contribution in [1.82, 2.24) is 0 Å². The smallest absolute Gasteiger partial charge is 0.192 e. The third-order valence-corrected chi connectivity index (χ3v) is 15.9. The van der Waals surface area contributed by atoms with Crippen molar-refractivity contribution in [3.63, 3.8) is 0 Å². The molecule has 0 aliphatic heterocycles. The molecular weight excluding hydrogens is 352 g/mol. The maximum atomic E-state index is 6.65. The molecule has 0 aromatic carbocycles. The first-order valence-electron chi connectivity index (χ1n) is 10.6. The topological polar surface area (TPSA) is 18.5 Å². The Morgan fingerprint density at radius 1 is 0.731 bits per heavy atom. The van der Waals surface area contributed by atoms with Crippen LogP contribution in [0, 0.1) is 5.92 Å². The summed E-state index contributed by atoms with van der Waals surface area (Å²) in [6.07, 6.45) is 4.83. The summed E-state index contributed by atoms with van der Waals surface area (Å²) in [6, 6.07) is 0. The maximum Gasteiger partial charge on any atom is 0.192 e. The first-order valence-corrected chi connectivity index (χ1v) is 16.5. The van der Waals surface area contributed by atoms with Gasteiger partial charge in [0.05, 0.1) is 5.60 Å². The van der Waals surface area contributed by atoms with Crippen LogP contribution in [0.15, 0.2) is 0 Å². The Bertz CT molecular complexity index is 415. The zero-order valence-corrected chi connectivity index (χ0v) is 22.4. The van der Waals surface area contributed by atoms with Gasteiger partial charge in [-0.15, -0.1) is 0 Å². The van der Waals surface area contributed by atoms with Gasteiger partial charge in [0.2, 0.25) is 0 Å². The Morgan fingerprint density at radius 2 is 1.19 bits per heavy atom. The van der Waals surface area contributed by atoms with E-state index in [1.54, 1.807) is 0 Å². The normalized spacial score (nSPS) is 16.0. The number of hydrogen-bond acceptors (Lipinski definition) is 2. The van der Waals surface area contributed by atoms with Crippen molar-refractivity contribution in [2.24, 2.45) is 5.92 Å². The van der Waals surface area contributed by atoms with Crippen molar-refractivity contribution in [3.05, 3.63) is 0 Å². The fraction of sp³-hybridized carbons (Fsp3) is 1.00. The Balaban J connectivity index is 4.27. The molecule has 0 rings (SSSR count). The van der Waals surface area contributed by atoms with Crippen molar-refractivity contribution in [2.45, 2.75) is 130 Å². The molecule has 0 spiro atoms. The van der Waals surface area contributed by atoms with Crippen molar-refractivity contribution in [2.75, 3.05) is 6.61 Å². The summed E-state index contributed by atoms with van der Waals surface area (Å²) in [7, 11) is -3.29. The quantitative estimate of drug-likeness (QED) is 0.344. The van der Waals surface area contributed by atoms with Crippen LogP contribution in [0.5, 0.6) is 0 Å². The van der Waals surface area contributed by atoms with Gasteiger partial charge < -0.3 is 8.85 Å². The second-order valence-electron chi connectivity index (χ2n) is 12.0. The van der Waals surface area contributed by atoms with Gasteiger partial charge in [-0.05, 0) is 68.9 Å². The molecule has 0 aliphatic carbocycles. The molecule has 1 atom stereocenters. The van der Waals surface area contributed by atoms with E-state index in [4.69, 9.17) is 8.85 Å². The largest absolute Gasteiger partial charge is 0.417 e. The van der Waals surface area contributed by atoms with Crippen LogP contribution in [0.3, 0.4) is 0 Å². The summed E-state index contributed by atoms with van der Waals surface area (Å²) in [5.41, 5.74) is -0.0135. The lowest BCUT2D eigenvalue weighted by Gasteiger charge is -2.43. The Labute approximate surface area is 168 Å². The molecule has 26 heavy (non-hydrogen) atoms. The van der Waals surface area contributed by atoms with Gasteiger partial charge in [-0.1, -0.05) is 61.3 Å². The number of hydrogen-bond donors (Lipinski definition) is 0. The lowest BCUT2D eigenvalue weighted by atomic mass is 9.95. The predicted octanol–water partition coefficient (Wildman–Crippen LogP) is 8.01. The van der Waals surface area contributed by atoms with E-state index >= 15 is 0 Å². The Kier molecular flexibility index (Phi) is 9.36. The molecule has 158 valence electrons. The van der Waals surface area contributed by atoms with Crippen LogP contribution in [0.2, 0.25) is 36.3 Å². The molecule has 0 heterocycles. The van der Waals surface area contributed by atoms with Gasteiger partial charge in [-0.3, -0.25) is 0 Å². The first-order chi connectivity index (χ1) is 11.3. The highest BCUT2D eigenvalue weighted by Crippen LogP contribution is 2.40. The van der Waals surface area contributed by atoms with Gasteiger partial charge >= 0.3 is 0 Å². The standard InChI is InChI=1S/C22H50O2Si2/c1-19(16-18-23-25(10,11)20(2,3)4)15-14-17-22(8,9)24-26(12,13)21(5,6)7/h19H,14-18H2,1-13H3. The van der Waals surface area contributed by atoms with Crippen LogP contribution in [-0.4, -0.2) is 28.8 Å². The molecule has 1 unspecified atom stereocenters. The minimum absolute atomic E-state index is 0.0135. The van der Waals surface area contributed by atoms with Crippen LogP contribution in [-0.2, 0) is 8.85 Å². The summed E-state index contributed by atoms with van der Waals surface area (Å²) in [4.78, 5) is 0. The zero-order chi connectivity index (χ0) is 21.0. The second-order valence-corrected chi connectivity index (χ2v) is 21.6. The van der Waals surface area contributed by atoms with Gasteiger partial charge in [0.25, 0.3) is 0 Å². The van der Waals surface area contributed by atoms with Crippen molar-refractivity contribution < 1.29 is 8.85 Å². The summed E-state index contributed by atoms with van der Waals surface area (Å²) in [6.45, 7) is 31.1. The molecule has 0 amide bonds. The van der Waals surface area contributed by atoms with Crippen LogP contribution in [0.1, 0.15) is 88.0 Å². The third kappa shape index (κ3) is 9.03. The first kappa shape index (κ1) is 26.4. The fourth-order valence-electron chi connectivity index (χ4n) is 2.65. The van der Waals surface area contributed by atoms with E-state index in [1.165, 1.54) is 19.3 Å². The Morgan fingerprint density at radius 3 is 1.62 bits per heavy atom. The fourth-order valence-corrected chi connectivity index (χ4v) is 5.50. The van der Waals surface area contributed by atoms with E-state index in [0.717, 1.165) is 18.9 Å². The lowest BCUT2D eigenvalue weighted by Crippen LogP contribution is -2.47. The molecule has 0 N–H and O–H groups in total. The van der Waals surface area contributed by atoms with Gasteiger partial charge in [-0.2, -0.15) is 0 Å². The Hall–Kier alpha value is 0.354. The molecule has 0 aromatic rings. The van der Waals surface area contributed by atoms with Crippen LogP contribution in [0.25, 0.3) is 0 Å². The van der Waals surface area contributed by atoms with E-state index in [0.29, 0.717) is 5.04 Å². The summed E-state index contributed by atoms with van der Waals surface area (Å²) >= 11 is 0. The third-order valence-electron chi connectivity index (χ3n) is 6.69. The van der Waals surface area contributed by atoms with Gasteiger partial charge in [-0.25, -0.2) is 0 Å². The number of rotatable bonds is 10. The zero-order valence-electron chi connectivity index (χ0n) is 20.4. The molecule has 0 saturated heterocycles. The van der Waals surface area contributed by atoms with E-state index in [1.807, 2.05) is 0 Å². The molecule has 4 heteroatoms. The average Bonchev–Trinajstić information content (AvgIpc) is 2.33. The average molecular weight is 403 g/mol. The maximum absolute atomic E-state index is 6.65. The van der Waals surface area contributed by atoms with Crippen LogP contribution >= 0.6 is 0 Å². The minimum Gasteiger partial charge on any atom is -0.417 e. The second kappa shape index (κ2) is 9.23. The monoisotopic (exact) mass is 402 g/mol. The van der Waals surface area contributed by atoms with E-state index < -0.39 is 16.6 Å². The van der Waals surface area contributed by atoms with Gasteiger partial charge in [0.15, 0.2) is 16.6 Å².